The predicted octanol–water partition coefficient (Wildman–Crippen LogP) is 5.70. The number of thiophene rings is 1. The summed E-state index contributed by atoms with van der Waals surface area (Å²) >= 11 is 1.51. The van der Waals surface area contributed by atoms with Gasteiger partial charge in [-0.3, -0.25) is 9.59 Å². The number of nitrogens with zero attached hydrogens (tertiary/aromatic N) is 1. The Morgan fingerprint density at radius 3 is 2.65 bits per heavy atom. The first-order chi connectivity index (χ1) is 14.8. The largest absolute Gasteiger partial charge is 0.507 e. The van der Waals surface area contributed by atoms with Crippen LogP contribution in [0.4, 0.5) is 0 Å². The fourth-order valence-electron chi connectivity index (χ4n) is 3.73. The summed E-state index contributed by atoms with van der Waals surface area (Å²) in [5.74, 6) is -0.321. The Kier molecular flexibility index (Phi) is 7.55. The van der Waals surface area contributed by atoms with Crippen molar-refractivity contribution in [1.82, 2.24) is 4.90 Å². The molecular formula is C25H31NO4S. The van der Waals surface area contributed by atoms with E-state index in [4.69, 9.17) is 4.74 Å². The smallest absolute Gasteiger partial charge is 0.295 e. The lowest BCUT2D eigenvalue weighted by atomic mass is 9.98. The second-order valence-electron chi connectivity index (χ2n) is 8.40. The molecule has 0 aliphatic carbocycles. The van der Waals surface area contributed by atoms with Crippen molar-refractivity contribution in [1.29, 1.82) is 0 Å². The number of aryl methyl sites for hydroxylation is 1. The van der Waals surface area contributed by atoms with E-state index in [1.54, 1.807) is 23.1 Å². The molecule has 166 valence electrons. The molecule has 0 saturated carbocycles. The number of Topliss-reactive ketones (excluding diaryl/α,β-unsaturated/α-hetero) is 1. The highest BCUT2D eigenvalue weighted by Gasteiger charge is 2.46. The van der Waals surface area contributed by atoms with Gasteiger partial charge in [0.2, 0.25) is 0 Å². The van der Waals surface area contributed by atoms with E-state index in [1.807, 2.05) is 24.4 Å². The molecule has 1 aliphatic heterocycles. The molecule has 1 fully saturated rings. The molecule has 1 saturated heterocycles. The molecule has 0 spiro atoms. The maximum Gasteiger partial charge on any atom is 0.295 e. The lowest BCUT2D eigenvalue weighted by molar-refractivity contribution is -0.139. The predicted molar refractivity (Wildman–Crippen MR) is 124 cm³/mol. The van der Waals surface area contributed by atoms with Gasteiger partial charge < -0.3 is 14.7 Å². The van der Waals surface area contributed by atoms with Crippen LogP contribution >= 0.6 is 11.3 Å². The number of carbonyl (C=O) groups is 2. The minimum absolute atomic E-state index is 0.149. The molecule has 2 aromatic rings. The molecule has 6 heteroatoms. The van der Waals surface area contributed by atoms with Crippen LogP contribution in [0.2, 0.25) is 0 Å². The van der Waals surface area contributed by atoms with Crippen molar-refractivity contribution in [2.75, 3.05) is 13.2 Å². The van der Waals surface area contributed by atoms with Gasteiger partial charge in [-0.25, -0.2) is 0 Å². The topological polar surface area (TPSA) is 66.8 Å². The van der Waals surface area contributed by atoms with Crippen LogP contribution in [0.1, 0.15) is 62.1 Å². The molecule has 1 N–H and O–H groups in total. The van der Waals surface area contributed by atoms with Gasteiger partial charge in [0.25, 0.3) is 11.7 Å². The maximum absolute atomic E-state index is 13.0. The quantitative estimate of drug-likeness (QED) is 0.234. The Morgan fingerprint density at radius 1 is 1.23 bits per heavy atom. The number of amides is 1. The lowest BCUT2D eigenvalue weighted by Crippen LogP contribution is -2.30. The Bertz CT molecular complexity index is 975. The van der Waals surface area contributed by atoms with Gasteiger partial charge in [-0.05, 0) is 48.4 Å². The van der Waals surface area contributed by atoms with Gasteiger partial charge in [-0.1, -0.05) is 45.7 Å². The SMILES string of the molecule is CCCCCN1C(=O)C(=O)/C(=C(\O)c2cccc(OCC(C)C)c2)C1c1sccc1C. The lowest BCUT2D eigenvalue weighted by Gasteiger charge is -2.25. The molecule has 5 nitrogen and oxygen atoms in total. The van der Waals surface area contributed by atoms with Crippen LogP contribution in [0.15, 0.2) is 41.3 Å². The van der Waals surface area contributed by atoms with Crippen LogP contribution in [0, 0.1) is 12.8 Å². The Labute approximate surface area is 188 Å². The summed E-state index contributed by atoms with van der Waals surface area (Å²) in [4.78, 5) is 28.5. The van der Waals surface area contributed by atoms with Gasteiger partial charge in [-0.15, -0.1) is 11.3 Å². The molecule has 0 bridgehead atoms. The molecular weight excluding hydrogens is 410 g/mol. The third-order valence-electron chi connectivity index (χ3n) is 5.38. The van der Waals surface area contributed by atoms with Crippen molar-refractivity contribution >= 4 is 28.8 Å². The molecule has 1 amide bonds. The summed E-state index contributed by atoms with van der Waals surface area (Å²) in [6.45, 7) is 9.25. The molecule has 0 radical (unpaired) electrons. The highest BCUT2D eigenvalue weighted by Crippen LogP contribution is 2.42. The second-order valence-corrected chi connectivity index (χ2v) is 9.35. The summed E-state index contributed by atoms with van der Waals surface area (Å²) in [7, 11) is 0. The monoisotopic (exact) mass is 441 g/mol. The van der Waals surface area contributed by atoms with Crippen LogP contribution in [0.5, 0.6) is 5.75 Å². The Morgan fingerprint density at radius 2 is 2.00 bits per heavy atom. The van der Waals surface area contributed by atoms with E-state index >= 15 is 0 Å². The summed E-state index contributed by atoms with van der Waals surface area (Å²) in [6.07, 6.45) is 2.83. The molecule has 1 aliphatic rings. The van der Waals surface area contributed by atoms with E-state index in [9.17, 15) is 14.7 Å². The zero-order chi connectivity index (χ0) is 22.5. The third kappa shape index (κ3) is 5.01. The number of ketones is 1. The number of hydrogen-bond donors (Lipinski definition) is 1. The van der Waals surface area contributed by atoms with E-state index in [0.717, 1.165) is 29.7 Å². The number of likely N-dealkylation sites (tertiary alicyclic amines) is 1. The van der Waals surface area contributed by atoms with Gasteiger partial charge in [0.05, 0.1) is 18.2 Å². The van der Waals surface area contributed by atoms with Gasteiger partial charge >= 0.3 is 0 Å². The fraction of sp³-hybridized carbons (Fsp3) is 0.440. The summed E-state index contributed by atoms with van der Waals surface area (Å²) in [5, 5.41) is 13.1. The van der Waals surface area contributed by atoms with Crippen LogP contribution in [-0.2, 0) is 9.59 Å². The number of aliphatic hydroxyl groups excluding tert-OH is 1. The summed E-state index contributed by atoms with van der Waals surface area (Å²) in [6, 6.07) is 8.49. The van der Waals surface area contributed by atoms with Crippen LogP contribution in [0.25, 0.3) is 5.76 Å². The molecule has 1 aromatic heterocycles. The zero-order valence-electron chi connectivity index (χ0n) is 18.7. The van der Waals surface area contributed by atoms with E-state index < -0.39 is 17.7 Å². The molecule has 3 rings (SSSR count). The van der Waals surface area contributed by atoms with E-state index in [2.05, 4.69) is 20.8 Å². The Balaban J connectivity index is 2.04. The van der Waals surface area contributed by atoms with Gasteiger partial charge in [0.15, 0.2) is 0 Å². The normalized spacial score (nSPS) is 18.2. The molecule has 2 heterocycles. The average molecular weight is 442 g/mol. The molecule has 1 unspecified atom stereocenters. The number of aliphatic hydroxyl groups is 1. The number of ether oxygens (including phenoxy) is 1. The summed E-state index contributed by atoms with van der Waals surface area (Å²) in [5.41, 5.74) is 1.65. The van der Waals surface area contributed by atoms with E-state index in [1.165, 1.54) is 11.3 Å². The first kappa shape index (κ1) is 23.1. The minimum atomic E-state index is -0.625. The van der Waals surface area contributed by atoms with Crippen LogP contribution < -0.4 is 4.74 Å². The minimum Gasteiger partial charge on any atom is -0.507 e. The van der Waals surface area contributed by atoms with Crippen LogP contribution in [-0.4, -0.2) is 34.8 Å². The van der Waals surface area contributed by atoms with Crippen molar-refractivity contribution in [3.8, 4) is 5.75 Å². The number of carbonyl (C=O) groups excluding carboxylic acids is 2. The number of rotatable bonds is 9. The first-order valence-electron chi connectivity index (χ1n) is 10.9. The number of hydrogen-bond acceptors (Lipinski definition) is 5. The maximum atomic E-state index is 13.0. The van der Waals surface area contributed by atoms with Crippen LogP contribution in [0.3, 0.4) is 0 Å². The van der Waals surface area contributed by atoms with Crippen molar-refractivity contribution in [2.45, 2.75) is 53.0 Å². The van der Waals surface area contributed by atoms with E-state index in [-0.39, 0.29) is 11.3 Å². The number of benzene rings is 1. The van der Waals surface area contributed by atoms with Gasteiger partial charge in [-0.2, -0.15) is 0 Å². The van der Waals surface area contributed by atoms with E-state index in [0.29, 0.717) is 30.4 Å². The summed E-state index contributed by atoms with van der Waals surface area (Å²) < 4.78 is 5.78. The van der Waals surface area contributed by atoms with Crippen molar-refractivity contribution < 1.29 is 19.4 Å². The molecule has 1 atom stereocenters. The number of unbranched alkanes of at least 4 members (excludes halogenated alkanes) is 2. The van der Waals surface area contributed by atoms with Crippen molar-refractivity contribution in [3.05, 3.63) is 57.3 Å². The fourth-order valence-corrected chi connectivity index (χ4v) is 4.78. The Hall–Kier alpha value is -2.60. The standard InChI is InChI=1S/C25H31NO4S/c1-5-6-7-12-26-21(24-17(4)11-13-31-24)20(23(28)25(26)29)22(27)18-9-8-10-19(14-18)30-15-16(2)3/h8-11,13-14,16,21,27H,5-7,12,15H2,1-4H3/b22-20-. The average Bonchev–Trinajstić information content (AvgIpc) is 3.27. The zero-order valence-corrected chi connectivity index (χ0v) is 19.5. The molecule has 31 heavy (non-hydrogen) atoms. The van der Waals surface area contributed by atoms with Crippen molar-refractivity contribution in [2.24, 2.45) is 5.92 Å². The first-order valence-corrected chi connectivity index (χ1v) is 11.8. The highest BCUT2D eigenvalue weighted by molar-refractivity contribution is 7.10. The second kappa shape index (κ2) is 10.1. The van der Waals surface area contributed by atoms with Gasteiger partial charge in [0, 0.05) is 17.0 Å². The van der Waals surface area contributed by atoms with Gasteiger partial charge in [0.1, 0.15) is 11.5 Å². The third-order valence-corrected chi connectivity index (χ3v) is 6.45. The van der Waals surface area contributed by atoms with Crippen molar-refractivity contribution in [3.63, 3.8) is 0 Å². The highest BCUT2D eigenvalue weighted by atomic mass is 32.1. The molecule has 1 aromatic carbocycles.